The summed E-state index contributed by atoms with van der Waals surface area (Å²) in [6.45, 7) is 4.80. The van der Waals surface area contributed by atoms with Crippen molar-refractivity contribution in [3.05, 3.63) is 0 Å². The van der Waals surface area contributed by atoms with Gasteiger partial charge in [0, 0.05) is 12.0 Å². The number of hydrogen-bond donors (Lipinski definition) is 3. The Bertz CT molecular complexity index is 251. The molecule has 0 amide bonds. The van der Waals surface area contributed by atoms with E-state index in [-0.39, 0.29) is 5.41 Å². The fraction of sp³-hybridized carbons (Fsp3) is 1.00. The van der Waals surface area contributed by atoms with Gasteiger partial charge in [0.05, 0.1) is 5.60 Å². The van der Waals surface area contributed by atoms with Crippen LogP contribution in [0.5, 0.6) is 0 Å². The minimum absolute atomic E-state index is 0.00593. The number of hydrogen-bond acceptors (Lipinski definition) is 3. The lowest BCUT2D eigenvalue weighted by molar-refractivity contribution is -0.126. The lowest BCUT2D eigenvalue weighted by atomic mass is 9.57. The Kier molecular flexibility index (Phi) is 4.11. The van der Waals surface area contributed by atoms with Crippen LogP contribution in [0, 0.1) is 11.3 Å². The molecule has 1 saturated carbocycles. The maximum absolute atomic E-state index is 11.0. The van der Waals surface area contributed by atoms with Crippen molar-refractivity contribution in [2.45, 2.75) is 57.5 Å². The van der Waals surface area contributed by atoms with E-state index in [1.54, 1.807) is 0 Å². The molecule has 2 unspecified atom stereocenters. The fourth-order valence-electron chi connectivity index (χ4n) is 4.00. The third-order valence-corrected chi connectivity index (χ3v) is 5.33. The molecule has 0 bridgehead atoms. The SMILES string of the molecule is CCC1CCCC(CN)(C2(O)CCNCC2)C1. The molecule has 3 nitrogen and oxygen atoms in total. The Hall–Kier alpha value is -0.120. The zero-order valence-electron chi connectivity index (χ0n) is 11.2. The normalized spacial score (nSPS) is 37.9. The summed E-state index contributed by atoms with van der Waals surface area (Å²) in [6, 6.07) is 0. The Morgan fingerprint density at radius 2 is 2.00 bits per heavy atom. The van der Waals surface area contributed by atoms with Gasteiger partial charge >= 0.3 is 0 Å². The number of nitrogens with one attached hydrogen (secondary N) is 1. The lowest BCUT2D eigenvalue weighted by Crippen LogP contribution is -2.58. The van der Waals surface area contributed by atoms with Crippen molar-refractivity contribution in [1.29, 1.82) is 0 Å². The van der Waals surface area contributed by atoms with Crippen molar-refractivity contribution in [3.63, 3.8) is 0 Å². The van der Waals surface area contributed by atoms with Gasteiger partial charge in [-0.05, 0) is 44.7 Å². The molecule has 0 aromatic rings. The van der Waals surface area contributed by atoms with Gasteiger partial charge in [-0.3, -0.25) is 0 Å². The Morgan fingerprint density at radius 1 is 1.29 bits per heavy atom. The summed E-state index contributed by atoms with van der Waals surface area (Å²) in [6.07, 6.45) is 7.81. The minimum atomic E-state index is -0.513. The van der Waals surface area contributed by atoms with Crippen LogP contribution in [0.25, 0.3) is 0 Å². The van der Waals surface area contributed by atoms with E-state index in [1.165, 1.54) is 19.3 Å². The molecule has 2 fully saturated rings. The maximum Gasteiger partial charge on any atom is 0.0740 e. The summed E-state index contributed by atoms with van der Waals surface area (Å²) in [5.41, 5.74) is 5.57. The smallest absolute Gasteiger partial charge is 0.0740 e. The van der Waals surface area contributed by atoms with Gasteiger partial charge in [-0.25, -0.2) is 0 Å². The molecule has 4 N–H and O–H groups in total. The van der Waals surface area contributed by atoms with Gasteiger partial charge in [0.2, 0.25) is 0 Å². The molecular formula is C14H28N2O. The predicted octanol–water partition coefficient (Wildman–Crippen LogP) is 1.65. The van der Waals surface area contributed by atoms with Crippen molar-refractivity contribution >= 4 is 0 Å². The molecule has 1 aliphatic heterocycles. The van der Waals surface area contributed by atoms with E-state index >= 15 is 0 Å². The second-order valence-corrected chi connectivity index (χ2v) is 6.14. The average Bonchev–Trinajstić information content (AvgIpc) is 2.39. The highest BCUT2D eigenvalue weighted by Crippen LogP contribution is 2.50. The molecule has 2 atom stereocenters. The first-order valence-corrected chi connectivity index (χ1v) is 7.29. The quantitative estimate of drug-likeness (QED) is 0.703. The van der Waals surface area contributed by atoms with Crippen LogP contribution in [-0.4, -0.2) is 30.3 Å². The molecule has 17 heavy (non-hydrogen) atoms. The molecule has 2 aliphatic rings. The zero-order chi connectivity index (χ0) is 12.4. The van der Waals surface area contributed by atoms with E-state index in [9.17, 15) is 5.11 Å². The summed E-state index contributed by atoms with van der Waals surface area (Å²) in [5.74, 6) is 0.770. The van der Waals surface area contributed by atoms with Crippen LogP contribution >= 0.6 is 0 Å². The summed E-state index contributed by atoms with van der Waals surface area (Å²) in [4.78, 5) is 0. The summed E-state index contributed by atoms with van der Waals surface area (Å²) in [7, 11) is 0. The third-order valence-electron chi connectivity index (χ3n) is 5.33. The lowest BCUT2D eigenvalue weighted by Gasteiger charge is -2.53. The van der Waals surface area contributed by atoms with Gasteiger partial charge in [-0.2, -0.15) is 0 Å². The molecule has 1 heterocycles. The van der Waals surface area contributed by atoms with Gasteiger partial charge < -0.3 is 16.2 Å². The first-order valence-electron chi connectivity index (χ1n) is 7.29. The summed E-state index contributed by atoms with van der Waals surface area (Å²) < 4.78 is 0. The van der Waals surface area contributed by atoms with Crippen LogP contribution in [0.2, 0.25) is 0 Å². The highest BCUT2D eigenvalue weighted by Gasteiger charge is 2.51. The Balaban J connectivity index is 2.16. The van der Waals surface area contributed by atoms with Crippen LogP contribution in [0.3, 0.4) is 0 Å². The first kappa shape index (κ1) is 13.3. The van der Waals surface area contributed by atoms with Gasteiger partial charge in [0.25, 0.3) is 0 Å². The molecule has 1 aliphatic carbocycles. The van der Waals surface area contributed by atoms with E-state index in [0.29, 0.717) is 6.54 Å². The number of piperidine rings is 1. The fourth-order valence-corrected chi connectivity index (χ4v) is 4.00. The second-order valence-electron chi connectivity index (χ2n) is 6.14. The van der Waals surface area contributed by atoms with Gasteiger partial charge in [-0.1, -0.05) is 26.2 Å². The predicted molar refractivity (Wildman–Crippen MR) is 70.8 cm³/mol. The summed E-state index contributed by atoms with van der Waals surface area (Å²) in [5, 5.41) is 14.4. The van der Waals surface area contributed by atoms with E-state index < -0.39 is 5.60 Å². The average molecular weight is 240 g/mol. The van der Waals surface area contributed by atoms with Crippen molar-refractivity contribution in [1.82, 2.24) is 5.32 Å². The van der Waals surface area contributed by atoms with Crippen molar-refractivity contribution in [2.75, 3.05) is 19.6 Å². The van der Waals surface area contributed by atoms with Crippen molar-refractivity contribution < 1.29 is 5.11 Å². The Labute approximate surface area is 105 Å². The molecule has 2 rings (SSSR count). The molecular weight excluding hydrogens is 212 g/mol. The second kappa shape index (κ2) is 5.25. The zero-order valence-corrected chi connectivity index (χ0v) is 11.2. The molecule has 0 radical (unpaired) electrons. The molecule has 100 valence electrons. The van der Waals surface area contributed by atoms with Crippen LogP contribution in [-0.2, 0) is 0 Å². The number of rotatable bonds is 3. The first-order chi connectivity index (χ1) is 8.16. The third kappa shape index (κ3) is 2.38. The number of nitrogens with two attached hydrogens (primary N) is 1. The maximum atomic E-state index is 11.0. The summed E-state index contributed by atoms with van der Waals surface area (Å²) >= 11 is 0. The van der Waals surface area contributed by atoms with Crippen LogP contribution in [0.15, 0.2) is 0 Å². The van der Waals surface area contributed by atoms with Gasteiger partial charge in [0.15, 0.2) is 0 Å². The molecule has 0 spiro atoms. The Morgan fingerprint density at radius 3 is 2.59 bits per heavy atom. The van der Waals surface area contributed by atoms with Gasteiger partial charge in [-0.15, -0.1) is 0 Å². The minimum Gasteiger partial charge on any atom is -0.389 e. The molecule has 0 aromatic carbocycles. The highest BCUT2D eigenvalue weighted by molar-refractivity contribution is 5.04. The van der Waals surface area contributed by atoms with Crippen LogP contribution < -0.4 is 11.1 Å². The highest BCUT2D eigenvalue weighted by atomic mass is 16.3. The molecule has 1 saturated heterocycles. The van der Waals surface area contributed by atoms with E-state index in [0.717, 1.165) is 44.7 Å². The van der Waals surface area contributed by atoms with Crippen LogP contribution in [0.4, 0.5) is 0 Å². The van der Waals surface area contributed by atoms with E-state index in [2.05, 4.69) is 12.2 Å². The largest absolute Gasteiger partial charge is 0.389 e. The van der Waals surface area contributed by atoms with Crippen molar-refractivity contribution in [2.24, 2.45) is 17.1 Å². The molecule has 0 aromatic heterocycles. The topological polar surface area (TPSA) is 58.3 Å². The van der Waals surface area contributed by atoms with E-state index in [1.807, 2.05) is 0 Å². The van der Waals surface area contributed by atoms with E-state index in [4.69, 9.17) is 5.73 Å². The number of aliphatic hydroxyl groups is 1. The molecule has 3 heteroatoms. The van der Waals surface area contributed by atoms with Crippen LogP contribution in [0.1, 0.15) is 51.9 Å². The standard InChI is InChI=1S/C14H28N2O/c1-2-12-4-3-5-13(10-12,11-15)14(17)6-8-16-9-7-14/h12,16-17H,2-11,15H2,1H3. The van der Waals surface area contributed by atoms with Gasteiger partial charge in [0.1, 0.15) is 0 Å². The monoisotopic (exact) mass is 240 g/mol. The van der Waals surface area contributed by atoms with Crippen molar-refractivity contribution in [3.8, 4) is 0 Å².